The summed E-state index contributed by atoms with van der Waals surface area (Å²) in [5.74, 6) is -6.46. The second kappa shape index (κ2) is 7.16. The van der Waals surface area contributed by atoms with Gasteiger partial charge in [-0.05, 0) is 0 Å². The quantitative estimate of drug-likeness (QED) is 0.416. The molecule has 0 saturated heterocycles. The molecule has 0 aliphatic carbocycles. The predicted octanol–water partition coefficient (Wildman–Crippen LogP) is -5.64. The Balaban J connectivity index is 0.00000121. The van der Waals surface area contributed by atoms with Crippen LogP contribution in [0.15, 0.2) is 18.5 Å². The van der Waals surface area contributed by atoms with Crippen LogP contribution in [0.5, 0.6) is 11.8 Å². The molecule has 0 unspecified atom stereocenters. The molecule has 0 atom stereocenters. The molecule has 0 amide bonds. The SMILES string of the molecule is [Na+].[Na+].[O-]c1nc2ncnn2c([O-])c1-c1c(F)cc(F)cc1F. The summed E-state index contributed by atoms with van der Waals surface area (Å²) >= 11 is 0. The molecule has 0 N–H and O–H groups in total. The third-order valence-corrected chi connectivity index (χ3v) is 2.61. The van der Waals surface area contributed by atoms with E-state index in [0.29, 0.717) is 16.6 Å². The van der Waals surface area contributed by atoms with Gasteiger partial charge in [0.1, 0.15) is 23.8 Å². The van der Waals surface area contributed by atoms with Gasteiger partial charge < -0.3 is 10.2 Å². The van der Waals surface area contributed by atoms with Crippen molar-refractivity contribution >= 4 is 5.78 Å². The van der Waals surface area contributed by atoms with Crippen LogP contribution < -0.4 is 69.3 Å². The molecule has 1 aromatic carbocycles. The van der Waals surface area contributed by atoms with Gasteiger partial charge in [-0.2, -0.15) is 10.1 Å². The van der Waals surface area contributed by atoms with Gasteiger partial charge in [-0.3, -0.25) is 0 Å². The van der Waals surface area contributed by atoms with Gasteiger partial charge >= 0.3 is 59.1 Å². The number of benzene rings is 1. The van der Waals surface area contributed by atoms with Crippen molar-refractivity contribution in [1.29, 1.82) is 0 Å². The molecule has 3 aromatic rings. The average Bonchev–Trinajstić information content (AvgIpc) is 2.80. The van der Waals surface area contributed by atoms with E-state index in [0.717, 1.165) is 6.33 Å². The largest absolute Gasteiger partial charge is 1.00 e. The molecular weight excluding hydrogens is 323 g/mol. The van der Waals surface area contributed by atoms with Gasteiger partial charge in [0.25, 0.3) is 5.78 Å². The molecule has 102 valence electrons. The molecule has 2 aromatic heterocycles. The van der Waals surface area contributed by atoms with Gasteiger partial charge in [-0.15, -0.1) is 0 Å². The molecule has 0 radical (unpaired) electrons. The first-order valence-corrected chi connectivity index (χ1v) is 5.21. The van der Waals surface area contributed by atoms with E-state index in [1.54, 1.807) is 0 Å². The van der Waals surface area contributed by atoms with Gasteiger partial charge in [0.05, 0.1) is 5.56 Å². The maximum atomic E-state index is 13.7. The van der Waals surface area contributed by atoms with Gasteiger partial charge in [-0.25, -0.2) is 22.7 Å². The Morgan fingerprint density at radius 3 is 2.14 bits per heavy atom. The third-order valence-electron chi connectivity index (χ3n) is 2.61. The van der Waals surface area contributed by atoms with E-state index in [4.69, 9.17) is 0 Å². The monoisotopic (exact) mass is 326 g/mol. The molecular formula is C11H3F3N4Na2O2. The Morgan fingerprint density at radius 1 is 0.955 bits per heavy atom. The van der Waals surface area contributed by atoms with Crippen LogP contribution in [0.1, 0.15) is 0 Å². The molecule has 6 nitrogen and oxygen atoms in total. The Bertz CT molecular complexity index is 821. The maximum absolute atomic E-state index is 13.7. The van der Waals surface area contributed by atoms with E-state index >= 15 is 0 Å². The maximum Gasteiger partial charge on any atom is 1.00 e. The Morgan fingerprint density at radius 2 is 1.55 bits per heavy atom. The second-order valence-electron chi connectivity index (χ2n) is 3.81. The Hall–Kier alpha value is -0.840. The summed E-state index contributed by atoms with van der Waals surface area (Å²) < 4.78 is 40.8. The summed E-state index contributed by atoms with van der Waals surface area (Å²) in [5.41, 5.74) is -1.80. The van der Waals surface area contributed by atoms with Crippen molar-refractivity contribution in [3.05, 3.63) is 35.9 Å². The average molecular weight is 326 g/mol. The summed E-state index contributed by atoms with van der Waals surface area (Å²) in [5, 5.41) is 27.2. The molecule has 0 fully saturated rings. The van der Waals surface area contributed by atoms with E-state index in [1.807, 2.05) is 0 Å². The number of halogens is 3. The fourth-order valence-electron chi connectivity index (χ4n) is 1.79. The van der Waals surface area contributed by atoms with Crippen molar-refractivity contribution in [2.24, 2.45) is 0 Å². The molecule has 11 heteroatoms. The van der Waals surface area contributed by atoms with Crippen molar-refractivity contribution in [2.45, 2.75) is 0 Å². The number of hydrogen-bond acceptors (Lipinski definition) is 5. The van der Waals surface area contributed by atoms with Crippen LogP contribution in [0.25, 0.3) is 16.9 Å². The molecule has 0 spiro atoms. The van der Waals surface area contributed by atoms with Gasteiger partial charge in [0.2, 0.25) is 0 Å². The first kappa shape index (κ1) is 19.2. The molecule has 3 rings (SSSR count). The van der Waals surface area contributed by atoms with E-state index in [-0.39, 0.29) is 64.9 Å². The minimum atomic E-state index is -1.38. The number of aromatic nitrogens is 4. The number of fused-ring (bicyclic) bond motifs is 1. The van der Waals surface area contributed by atoms with Crippen molar-refractivity contribution in [3.8, 4) is 22.9 Å². The zero-order valence-electron chi connectivity index (χ0n) is 11.5. The Labute approximate surface area is 165 Å². The zero-order chi connectivity index (χ0) is 14.4. The number of hydrogen-bond donors (Lipinski definition) is 0. The van der Waals surface area contributed by atoms with Gasteiger partial charge in [-0.1, -0.05) is 0 Å². The molecule has 0 aliphatic rings. The molecule has 0 aliphatic heterocycles. The summed E-state index contributed by atoms with van der Waals surface area (Å²) in [6, 6.07) is 0.728. The normalized spacial score (nSPS) is 10.1. The standard InChI is InChI=1S/C11H5F3N4O2.2Na/c12-4-1-5(13)7(6(14)2-4)8-9(19)17-11-15-3-16-18(11)10(8)20;;/h1-3,20H,(H,15,16,17,19);;/q;2*+1/p-2. The smallest absolute Gasteiger partial charge is 0.858 e. The zero-order valence-corrected chi connectivity index (χ0v) is 15.5. The third kappa shape index (κ3) is 3.10. The van der Waals surface area contributed by atoms with Crippen molar-refractivity contribution in [2.75, 3.05) is 0 Å². The topological polar surface area (TPSA) is 89.2 Å². The van der Waals surface area contributed by atoms with Crippen molar-refractivity contribution in [3.63, 3.8) is 0 Å². The van der Waals surface area contributed by atoms with Crippen LogP contribution in [0, 0.1) is 17.5 Å². The van der Waals surface area contributed by atoms with Crippen LogP contribution in [-0.4, -0.2) is 19.6 Å². The van der Waals surface area contributed by atoms with Crippen LogP contribution in [-0.2, 0) is 0 Å². The first-order valence-electron chi connectivity index (χ1n) is 5.21. The van der Waals surface area contributed by atoms with Crippen LogP contribution in [0.3, 0.4) is 0 Å². The minimum Gasteiger partial charge on any atom is -0.858 e. The minimum absolute atomic E-state index is 0. The fraction of sp³-hybridized carbons (Fsp3) is 0. The van der Waals surface area contributed by atoms with Crippen LogP contribution in [0.2, 0.25) is 0 Å². The predicted molar refractivity (Wildman–Crippen MR) is 55.0 cm³/mol. The van der Waals surface area contributed by atoms with E-state index < -0.39 is 40.3 Å². The molecule has 22 heavy (non-hydrogen) atoms. The van der Waals surface area contributed by atoms with Crippen molar-refractivity contribution < 1.29 is 82.5 Å². The fourth-order valence-corrected chi connectivity index (χ4v) is 1.79. The molecule has 2 heterocycles. The first-order chi connectivity index (χ1) is 9.49. The summed E-state index contributed by atoms with van der Waals surface area (Å²) in [7, 11) is 0. The van der Waals surface area contributed by atoms with E-state index in [1.165, 1.54) is 0 Å². The van der Waals surface area contributed by atoms with Crippen LogP contribution in [0.4, 0.5) is 13.2 Å². The number of rotatable bonds is 1. The molecule has 0 bridgehead atoms. The van der Waals surface area contributed by atoms with Gasteiger partial charge in [0, 0.05) is 29.5 Å². The summed E-state index contributed by atoms with van der Waals surface area (Å²) in [6.07, 6.45) is 0.963. The van der Waals surface area contributed by atoms with E-state index in [9.17, 15) is 23.4 Å². The second-order valence-corrected chi connectivity index (χ2v) is 3.81. The summed E-state index contributed by atoms with van der Waals surface area (Å²) in [6.45, 7) is 0. The van der Waals surface area contributed by atoms with Crippen molar-refractivity contribution in [1.82, 2.24) is 19.6 Å². The van der Waals surface area contributed by atoms with Crippen LogP contribution >= 0.6 is 0 Å². The van der Waals surface area contributed by atoms with E-state index in [2.05, 4.69) is 15.1 Å². The summed E-state index contributed by atoms with van der Waals surface area (Å²) in [4.78, 5) is 6.91. The van der Waals surface area contributed by atoms with Gasteiger partial charge in [0.15, 0.2) is 0 Å². The molecule has 0 saturated carbocycles. The Kier molecular flexibility index (Phi) is 6.25. The number of nitrogens with zero attached hydrogens (tertiary/aromatic N) is 4.